The lowest BCUT2D eigenvalue weighted by Gasteiger charge is -2.21. The third-order valence-corrected chi connectivity index (χ3v) is 6.17. The Kier molecular flexibility index (Phi) is 7.96. The summed E-state index contributed by atoms with van der Waals surface area (Å²) in [6.07, 6.45) is 14.9. The molecule has 4 nitrogen and oxygen atoms in total. The third-order valence-electron chi connectivity index (χ3n) is 6.17. The van der Waals surface area contributed by atoms with Crippen LogP contribution in [0.5, 0.6) is 5.75 Å². The van der Waals surface area contributed by atoms with Gasteiger partial charge in [-0.2, -0.15) is 0 Å². The summed E-state index contributed by atoms with van der Waals surface area (Å²) in [6.45, 7) is 2.93. The molecule has 3 rings (SSSR count). The van der Waals surface area contributed by atoms with Crippen LogP contribution in [-0.2, 0) is 6.42 Å². The van der Waals surface area contributed by atoms with Gasteiger partial charge in [-0.1, -0.05) is 38.5 Å². The largest absolute Gasteiger partial charge is 0.497 e. The van der Waals surface area contributed by atoms with E-state index < -0.39 is 0 Å². The highest BCUT2D eigenvalue weighted by molar-refractivity contribution is 5.94. The molecule has 28 heavy (non-hydrogen) atoms. The zero-order chi connectivity index (χ0) is 19.8. The topological polar surface area (TPSA) is 60.2 Å². The number of nitrogens with two attached hydrogens (primary N) is 1. The highest BCUT2D eigenvalue weighted by Crippen LogP contribution is 2.32. The minimum atomic E-state index is 0.357. The van der Waals surface area contributed by atoms with Crippen molar-refractivity contribution in [1.82, 2.24) is 4.98 Å². The van der Waals surface area contributed by atoms with Crippen molar-refractivity contribution in [3.05, 3.63) is 30.0 Å². The molecule has 1 aromatic heterocycles. The van der Waals surface area contributed by atoms with E-state index in [0.717, 1.165) is 48.7 Å². The van der Waals surface area contributed by atoms with Gasteiger partial charge in [0.2, 0.25) is 0 Å². The molecule has 1 fully saturated rings. The minimum Gasteiger partial charge on any atom is -0.497 e. The molecule has 0 amide bonds. The number of fused-ring (bicyclic) bond motifs is 1. The van der Waals surface area contributed by atoms with Crippen molar-refractivity contribution in [2.75, 3.05) is 19.0 Å². The van der Waals surface area contributed by atoms with E-state index in [1.165, 1.54) is 55.9 Å². The molecule has 154 valence electrons. The fourth-order valence-electron chi connectivity index (χ4n) is 4.55. The second-order valence-electron chi connectivity index (χ2n) is 8.41. The third kappa shape index (κ3) is 5.60. The Morgan fingerprint density at radius 1 is 1.21 bits per heavy atom. The first kappa shape index (κ1) is 20.9. The second kappa shape index (κ2) is 10.7. The number of nitrogens with one attached hydrogen (secondary N) is 1. The molecule has 1 aromatic carbocycles. The monoisotopic (exact) mass is 383 g/mol. The van der Waals surface area contributed by atoms with Crippen molar-refractivity contribution in [2.45, 2.75) is 77.2 Å². The van der Waals surface area contributed by atoms with Crippen LogP contribution in [0.25, 0.3) is 10.9 Å². The van der Waals surface area contributed by atoms with E-state index in [0.29, 0.717) is 6.04 Å². The summed E-state index contributed by atoms with van der Waals surface area (Å²) in [5.41, 5.74) is 9.17. The second-order valence-corrected chi connectivity index (χ2v) is 8.41. The molecule has 1 aliphatic rings. The van der Waals surface area contributed by atoms with E-state index >= 15 is 0 Å². The molecule has 1 aliphatic carbocycles. The maximum atomic E-state index is 5.67. The number of hydrogen-bond donors (Lipinski definition) is 2. The predicted molar refractivity (Wildman–Crippen MR) is 119 cm³/mol. The number of benzene rings is 1. The molecular formula is C24H37N3O. The number of rotatable bonds is 10. The normalized spacial score (nSPS) is 16.2. The van der Waals surface area contributed by atoms with Gasteiger partial charge in [0, 0.05) is 23.7 Å². The Morgan fingerprint density at radius 3 is 2.79 bits per heavy atom. The van der Waals surface area contributed by atoms with Crippen LogP contribution in [0.3, 0.4) is 0 Å². The molecule has 0 bridgehead atoms. The van der Waals surface area contributed by atoms with Gasteiger partial charge in [0.1, 0.15) is 5.75 Å². The van der Waals surface area contributed by atoms with Crippen LogP contribution in [0.1, 0.15) is 70.3 Å². The smallest absolute Gasteiger partial charge is 0.121 e. The number of nitrogens with zero attached hydrogens (tertiary/aromatic N) is 1. The number of pyridine rings is 1. The Morgan fingerprint density at radius 2 is 2.04 bits per heavy atom. The van der Waals surface area contributed by atoms with Gasteiger partial charge >= 0.3 is 0 Å². The molecule has 2 aromatic rings. The van der Waals surface area contributed by atoms with Gasteiger partial charge in [-0.25, -0.2) is 0 Å². The Bertz CT molecular complexity index is 740. The van der Waals surface area contributed by atoms with Gasteiger partial charge in [-0.05, 0) is 62.8 Å². The molecule has 1 heterocycles. The van der Waals surface area contributed by atoms with E-state index in [4.69, 9.17) is 15.5 Å². The first-order chi connectivity index (χ1) is 13.7. The summed E-state index contributed by atoms with van der Waals surface area (Å²) in [6, 6.07) is 6.76. The van der Waals surface area contributed by atoms with E-state index in [9.17, 15) is 0 Å². The van der Waals surface area contributed by atoms with Gasteiger partial charge < -0.3 is 15.8 Å². The molecule has 0 spiro atoms. The van der Waals surface area contributed by atoms with Crippen LogP contribution in [0.2, 0.25) is 0 Å². The van der Waals surface area contributed by atoms with Crippen molar-refractivity contribution < 1.29 is 4.74 Å². The average molecular weight is 384 g/mol. The molecule has 1 atom stereocenters. The predicted octanol–water partition coefficient (Wildman–Crippen LogP) is 5.69. The molecule has 3 N–H and O–H groups in total. The zero-order valence-electron chi connectivity index (χ0n) is 17.7. The van der Waals surface area contributed by atoms with Crippen LogP contribution in [0.15, 0.2) is 24.4 Å². The minimum absolute atomic E-state index is 0.357. The lowest BCUT2D eigenvalue weighted by atomic mass is 9.85. The van der Waals surface area contributed by atoms with Gasteiger partial charge in [0.15, 0.2) is 0 Å². The van der Waals surface area contributed by atoms with Crippen molar-refractivity contribution in [2.24, 2.45) is 11.7 Å². The summed E-state index contributed by atoms with van der Waals surface area (Å²) in [7, 11) is 1.74. The van der Waals surface area contributed by atoms with Gasteiger partial charge in [0.25, 0.3) is 0 Å². The molecule has 4 heteroatoms. The van der Waals surface area contributed by atoms with E-state index in [1.807, 2.05) is 6.20 Å². The van der Waals surface area contributed by atoms with Crippen molar-refractivity contribution >= 4 is 16.6 Å². The maximum absolute atomic E-state index is 5.67. The highest BCUT2D eigenvalue weighted by atomic mass is 16.5. The molecular weight excluding hydrogens is 346 g/mol. The van der Waals surface area contributed by atoms with Crippen LogP contribution in [0, 0.1) is 5.92 Å². The number of aryl methyl sites for hydroxylation is 1. The zero-order valence-corrected chi connectivity index (χ0v) is 17.7. The lowest BCUT2D eigenvalue weighted by Crippen LogP contribution is -2.17. The quantitative estimate of drug-likeness (QED) is 0.553. The SMILES string of the molecule is COc1cc(NC(C)CCCN)c2nccc(CCCC3CCCCC3)c2c1. The van der Waals surface area contributed by atoms with Crippen LogP contribution in [0.4, 0.5) is 5.69 Å². The fraction of sp³-hybridized carbons (Fsp3) is 0.625. The summed E-state index contributed by atoms with van der Waals surface area (Å²) in [5.74, 6) is 1.83. The molecule has 1 unspecified atom stereocenters. The van der Waals surface area contributed by atoms with Crippen molar-refractivity contribution in [1.29, 1.82) is 0 Å². The van der Waals surface area contributed by atoms with E-state index in [2.05, 4.69) is 30.4 Å². The Hall–Kier alpha value is -1.81. The molecule has 0 saturated heterocycles. The van der Waals surface area contributed by atoms with Crippen molar-refractivity contribution in [3.63, 3.8) is 0 Å². The molecule has 1 saturated carbocycles. The van der Waals surface area contributed by atoms with Crippen molar-refractivity contribution in [3.8, 4) is 5.75 Å². The van der Waals surface area contributed by atoms with E-state index in [1.54, 1.807) is 7.11 Å². The number of ether oxygens (including phenoxy) is 1. The van der Waals surface area contributed by atoms with Gasteiger partial charge in [-0.15, -0.1) is 0 Å². The van der Waals surface area contributed by atoms with Crippen LogP contribution in [-0.4, -0.2) is 24.7 Å². The number of aromatic nitrogens is 1. The van der Waals surface area contributed by atoms with Gasteiger partial charge in [0.05, 0.1) is 18.3 Å². The first-order valence-electron chi connectivity index (χ1n) is 11.1. The fourth-order valence-corrected chi connectivity index (χ4v) is 4.55. The summed E-state index contributed by atoms with van der Waals surface area (Å²) in [4.78, 5) is 4.71. The summed E-state index contributed by atoms with van der Waals surface area (Å²) >= 11 is 0. The maximum Gasteiger partial charge on any atom is 0.121 e. The molecule has 0 aliphatic heterocycles. The number of methoxy groups -OCH3 is 1. The summed E-state index contributed by atoms with van der Waals surface area (Å²) in [5, 5.41) is 4.85. The average Bonchev–Trinajstić information content (AvgIpc) is 2.73. The van der Waals surface area contributed by atoms with Crippen LogP contribution < -0.4 is 15.8 Å². The Balaban J connectivity index is 1.76. The summed E-state index contributed by atoms with van der Waals surface area (Å²) < 4.78 is 5.59. The highest BCUT2D eigenvalue weighted by Gasteiger charge is 2.15. The van der Waals surface area contributed by atoms with E-state index in [-0.39, 0.29) is 0 Å². The number of hydrogen-bond acceptors (Lipinski definition) is 4. The van der Waals surface area contributed by atoms with Gasteiger partial charge in [-0.3, -0.25) is 4.98 Å². The molecule has 0 radical (unpaired) electrons. The van der Waals surface area contributed by atoms with Crippen LogP contribution >= 0.6 is 0 Å². The Labute approximate surface area is 170 Å². The lowest BCUT2D eigenvalue weighted by molar-refractivity contribution is 0.332. The first-order valence-corrected chi connectivity index (χ1v) is 11.1. The number of anilines is 1. The standard InChI is InChI=1S/C24H37N3O/c1-18(8-7-14-25)27-23-17-21(28-2)16-22-20(13-15-26-24(22)23)12-6-11-19-9-4-3-5-10-19/h13,15-19,27H,3-12,14,25H2,1-2H3.